The van der Waals surface area contributed by atoms with Gasteiger partial charge >= 0.3 is 0 Å². The molecule has 1 aromatic heterocycles. The van der Waals surface area contributed by atoms with E-state index in [9.17, 15) is 4.79 Å². The SMILES string of the molecule is COc1ccc(C)cc1/C=C/C(=O)Nc1cnc(-c2ccccc2)nc1. The minimum absolute atomic E-state index is 0.260. The third kappa shape index (κ3) is 4.33. The van der Waals surface area contributed by atoms with Gasteiger partial charge in [-0.2, -0.15) is 0 Å². The van der Waals surface area contributed by atoms with Crippen LogP contribution in [0.25, 0.3) is 17.5 Å². The van der Waals surface area contributed by atoms with Gasteiger partial charge in [-0.15, -0.1) is 0 Å². The minimum Gasteiger partial charge on any atom is -0.496 e. The Kier molecular flexibility index (Phi) is 5.39. The predicted octanol–water partition coefficient (Wildman–Crippen LogP) is 4.11. The summed E-state index contributed by atoms with van der Waals surface area (Å²) in [6.07, 6.45) is 6.37. The lowest BCUT2D eigenvalue weighted by molar-refractivity contribution is -0.111. The van der Waals surface area contributed by atoms with Crippen LogP contribution in [0.2, 0.25) is 0 Å². The zero-order valence-corrected chi connectivity index (χ0v) is 14.6. The van der Waals surface area contributed by atoms with Gasteiger partial charge in [-0.25, -0.2) is 9.97 Å². The van der Waals surface area contributed by atoms with Gasteiger partial charge in [-0.05, 0) is 25.1 Å². The Labute approximate surface area is 152 Å². The summed E-state index contributed by atoms with van der Waals surface area (Å²) in [6.45, 7) is 1.99. The summed E-state index contributed by atoms with van der Waals surface area (Å²) in [5, 5.41) is 2.75. The van der Waals surface area contributed by atoms with Crippen molar-refractivity contribution in [2.75, 3.05) is 12.4 Å². The van der Waals surface area contributed by atoms with Gasteiger partial charge in [0, 0.05) is 17.2 Å². The van der Waals surface area contributed by atoms with Gasteiger partial charge in [0.25, 0.3) is 0 Å². The highest BCUT2D eigenvalue weighted by Crippen LogP contribution is 2.21. The van der Waals surface area contributed by atoms with E-state index in [0.717, 1.165) is 22.4 Å². The molecule has 1 amide bonds. The lowest BCUT2D eigenvalue weighted by Crippen LogP contribution is -2.08. The van der Waals surface area contributed by atoms with E-state index >= 15 is 0 Å². The number of aromatic nitrogens is 2. The van der Waals surface area contributed by atoms with Crippen LogP contribution >= 0.6 is 0 Å². The van der Waals surface area contributed by atoms with Crippen LogP contribution in [0.3, 0.4) is 0 Å². The number of anilines is 1. The molecule has 1 N–H and O–H groups in total. The second-order valence-corrected chi connectivity index (χ2v) is 5.73. The summed E-state index contributed by atoms with van der Waals surface area (Å²) in [7, 11) is 1.60. The largest absolute Gasteiger partial charge is 0.496 e. The topological polar surface area (TPSA) is 64.1 Å². The van der Waals surface area contributed by atoms with Gasteiger partial charge in [0.1, 0.15) is 5.75 Å². The standard InChI is InChI=1S/C21H19N3O2/c1-15-8-10-19(26-2)17(12-15)9-11-20(25)24-18-13-22-21(23-14-18)16-6-4-3-5-7-16/h3-14H,1-2H3,(H,24,25)/b11-9+. The van der Waals surface area contributed by atoms with Crippen LogP contribution in [0, 0.1) is 6.92 Å². The van der Waals surface area contributed by atoms with Gasteiger partial charge in [-0.3, -0.25) is 4.79 Å². The van der Waals surface area contributed by atoms with Gasteiger partial charge in [0.15, 0.2) is 5.82 Å². The summed E-state index contributed by atoms with van der Waals surface area (Å²) < 4.78 is 5.30. The summed E-state index contributed by atoms with van der Waals surface area (Å²) in [6, 6.07) is 15.5. The Morgan fingerprint density at radius 3 is 2.50 bits per heavy atom. The Morgan fingerprint density at radius 1 is 1.08 bits per heavy atom. The van der Waals surface area contributed by atoms with E-state index in [1.54, 1.807) is 25.6 Å². The van der Waals surface area contributed by atoms with Gasteiger partial charge in [0.2, 0.25) is 5.91 Å². The number of carbonyl (C=O) groups excluding carboxylic acids is 1. The van der Waals surface area contributed by atoms with Crippen LogP contribution in [0.1, 0.15) is 11.1 Å². The number of nitrogens with zero attached hydrogens (tertiary/aromatic N) is 2. The minimum atomic E-state index is -0.260. The number of benzene rings is 2. The molecule has 0 atom stereocenters. The average Bonchev–Trinajstić information content (AvgIpc) is 2.68. The highest BCUT2D eigenvalue weighted by atomic mass is 16.5. The van der Waals surface area contributed by atoms with E-state index < -0.39 is 0 Å². The number of carbonyl (C=O) groups is 1. The van der Waals surface area contributed by atoms with Gasteiger partial charge in [0.05, 0.1) is 25.2 Å². The molecule has 0 fully saturated rings. The summed E-state index contributed by atoms with van der Waals surface area (Å²) >= 11 is 0. The van der Waals surface area contributed by atoms with E-state index in [0.29, 0.717) is 11.5 Å². The highest BCUT2D eigenvalue weighted by Gasteiger charge is 2.04. The molecule has 5 heteroatoms. The molecule has 130 valence electrons. The number of ether oxygens (including phenoxy) is 1. The maximum absolute atomic E-state index is 12.1. The number of methoxy groups -OCH3 is 1. The highest BCUT2D eigenvalue weighted by molar-refractivity contribution is 6.02. The van der Waals surface area contributed by atoms with Crippen molar-refractivity contribution < 1.29 is 9.53 Å². The van der Waals surface area contributed by atoms with Gasteiger partial charge in [-0.1, -0.05) is 42.0 Å². The quantitative estimate of drug-likeness (QED) is 0.707. The van der Waals surface area contributed by atoms with Crippen molar-refractivity contribution in [1.29, 1.82) is 0 Å². The number of hydrogen-bond donors (Lipinski definition) is 1. The molecule has 3 aromatic rings. The molecule has 3 rings (SSSR count). The first-order valence-corrected chi connectivity index (χ1v) is 8.17. The second kappa shape index (κ2) is 8.07. The molecule has 0 saturated heterocycles. The average molecular weight is 345 g/mol. The number of nitrogens with one attached hydrogen (secondary N) is 1. The first-order valence-electron chi connectivity index (χ1n) is 8.17. The summed E-state index contributed by atoms with van der Waals surface area (Å²) in [4.78, 5) is 20.7. The van der Waals surface area contributed by atoms with Crippen LogP contribution < -0.4 is 10.1 Å². The Balaban J connectivity index is 1.68. The molecule has 0 radical (unpaired) electrons. The van der Waals surface area contributed by atoms with E-state index in [-0.39, 0.29) is 5.91 Å². The van der Waals surface area contributed by atoms with E-state index in [1.807, 2.05) is 55.5 Å². The fourth-order valence-corrected chi connectivity index (χ4v) is 2.46. The van der Waals surface area contributed by atoms with Crippen LogP contribution in [0.4, 0.5) is 5.69 Å². The van der Waals surface area contributed by atoms with Crippen molar-refractivity contribution in [3.63, 3.8) is 0 Å². The first-order chi connectivity index (χ1) is 12.7. The summed E-state index contributed by atoms with van der Waals surface area (Å²) in [5.41, 5.74) is 3.40. The van der Waals surface area contributed by atoms with E-state index in [2.05, 4.69) is 15.3 Å². The lowest BCUT2D eigenvalue weighted by Gasteiger charge is -2.06. The maximum atomic E-state index is 12.1. The maximum Gasteiger partial charge on any atom is 0.248 e. The molecule has 0 spiro atoms. The third-order valence-electron chi connectivity index (χ3n) is 3.75. The van der Waals surface area contributed by atoms with Crippen molar-refractivity contribution in [3.8, 4) is 17.1 Å². The van der Waals surface area contributed by atoms with Gasteiger partial charge < -0.3 is 10.1 Å². The van der Waals surface area contributed by atoms with E-state index in [1.165, 1.54) is 6.08 Å². The molecule has 0 aliphatic rings. The van der Waals surface area contributed by atoms with Crippen molar-refractivity contribution >= 4 is 17.7 Å². The molecule has 0 aliphatic heterocycles. The fourth-order valence-electron chi connectivity index (χ4n) is 2.46. The molecule has 2 aromatic carbocycles. The molecule has 0 unspecified atom stereocenters. The Bertz CT molecular complexity index is 920. The predicted molar refractivity (Wildman–Crippen MR) is 103 cm³/mol. The monoisotopic (exact) mass is 345 g/mol. The fraction of sp³-hybridized carbons (Fsp3) is 0.0952. The van der Waals surface area contributed by atoms with Crippen molar-refractivity contribution in [2.45, 2.75) is 6.92 Å². The molecule has 5 nitrogen and oxygen atoms in total. The van der Waals surface area contributed by atoms with Crippen molar-refractivity contribution in [1.82, 2.24) is 9.97 Å². The number of rotatable bonds is 5. The third-order valence-corrected chi connectivity index (χ3v) is 3.75. The zero-order valence-electron chi connectivity index (χ0n) is 14.6. The molecule has 0 saturated carbocycles. The Morgan fingerprint density at radius 2 is 1.81 bits per heavy atom. The Hall–Kier alpha value is -3.47. The molecule has 1 heterocycles. The second-order valence-electron chi connectivity index (χ2n) is 5.73. The molecule has 0 bridgehead atoms. The molecule has 26 heavy (non-hydrogen) atoms. The first kappa shape index (κ1) is 17.4. The molecular weight excluding hydrogens is 326 g/mol. The zero-order chi connectivity index (χ0) is 18.4. The number of hydrogen-bond acceptors (Lipinski definition) is 4. The molecule has 0 aliphatic carbocycles. The normalized spacial score (nSPS) is 10.7. The summed E-state index contributed by atoms with van der Waals surface area (Å²) in [5.74, 6) is 1.07. The van der Waals surface area contributed by atoms with Crippen LogP contribution in [0.15, 0.2) is 67.0 Å². The number of amides is 1. The smallest absolute Gasteiger partial charge is 0.248 e. The van der Waals surface area contributed by atoms with Crippen molar-refractivity contribution in [3.05, 3.63) is 78.1 Å². The van der Waals surface area contributed by atoms with E-state index in [4.69, 9.17) is 4.74 Å². The number of aryl methyl sites for hydroxylation is 1. The van der Waals surface area contributed by atoms with Crippen LogP contribution in [-0.4, -0.2) is 23.0 Å². The van der Waals surface area contributed by atoms with Crippen LogP contribution in [0.5, 0.6) is 5.75 Å². The van der Waals surface area contributed by atoms with Crippen LogP contribution in [-0.2, 0) is 4.79 Å². The lowest BCUT2D eigenvalue weighted by atomic mass is 10.1. The van der Waals surface area contributed by atoms with Crippen molar-refractivity contribution in [2.24, 2.45) is 0 Å². The molecular formula is C21H19N3O2.